The standard InChI is InChI=1S/C12H16ClN3OS/c1-14-10-4-3-9(13)11(15-10)12(17)16-5-2-7-18-8-6-16/h3-4H,2,5-8H2,1H3,(H,14,15). The summed E-state index contributed by atoms with van der Waals surface area (Å²) in [5, 5.41) is 3.33. The molecule has 1 aromatic rings. The summed E-state index contributed by atoms with van der Waals surface area (Å²) in [5.74, 6) is 2.68. The van der Waals surface area contributed by atoms with E-state index in [-0.39, 0.29) is 5.91 Å². The van der Waals surface area contributed by atoms with Gasteiger partial charge in [0, 0.05) is 25.9 Å². The van der Waals surface area contributed by atoms with Crippen molar-refractivity contribution in [2.24, 2.45) is 0 Å². The van der Waals surface area contributed by atoms with E-state index < -0.39 is 0 Å². The molecule has 0 radical (unpaired) electrons. The second kappa shape index (κ2) is 6.29. The van der Waals surface area contributed by atoms with E-state index in [4.69, 9.17) is 11.6 Å². The van der Waals surface area contributed by atoms with Crippen molar-refractivity contribution in [3.8, 4) is 0 Å². The highest BCUT2D eigenvalue weighted by molar-refractivity contribution is 7.99. The van der Waals surface area contributed by atoms with Gasteiger partial charge < -0.3 is 10.2 Å². The number of carbonyl (C=O) groups excluding carboxylic acids is 1. The molecule has 98 valence electrons. The van der Waals surface area contributed by atoms with Gasteiger partial charge in [-0.25, -0.2) is 4.98 Å². The molecule has 0 spiro atoms. The van der Waals surface area contributed by atoms with Crippen LogP contribution in [0.3, 0.4) is 0 Å². The molecule has 1 amide bonds. The number of hydrogen-bond donors (Lipinski definition) is 1. The lowest BCUT2D eigenvalue weighted by Crippen LogP contribution is -2.33. The Bertz CT molecular complexity index is 433. The van der Waals surface area contributed by atoms with Crippen molar-refractivity contribution in [1.29, 1.82) is 0 Å². The second-order valence-corrected chi connectivity index (χ2v) is 5.67. The molecule has 0 bridgehead atoms. The molecule has 18 heavy (non-hydrogen) atoms. The molecular weight excluding hydrogens is 270 g/mol. The van der Waals surface area contributed by atoms with E-state index in [0.29, 0.717) is 16.5 Å². The zero-order valence-electron chi connectivity index (χ0n) is 10.3. The number of thioether (sulfide) groups is 1. The highest BCUT2D eigenvalue weighted by Gasteiger charge is 2.21. The molecular formula is C12H16ClN3OS. The maximum Gasteiger partial charge on any atom is 0.274 e. The summed E-state index contributed by atoms with van der Waals surface area (Å²) in [6.45, 7) is 1.55. The molecule has 1 saturated heterocycles. The lowest BCUT2D eigenvalue weighted by Gasteiger charge is -2.20. The van der Waals surface area contributed by atoms with Gasteiger partial charge in [-0.2, -0.15) is 11.8 Å². The molecule has 0 aliphatic carbocycles. The van der Waals surface area contributed by atoms with Crippen LogP contribution in [0.1, 0.15) is 16.9 Å². The van der Waals surface area contributed by atoms with Crippen LogP contribution in [0.15, 0.2) is 12.1 Å². The van der Waals surface area contributed by atoms with Crippen LogP contribution in [0.2, 0.25) is 5.02 Å². The van der Waals surface area contributed by atoms with Crippen molar-refractivity contribution in [1.82, 2.24) is 9.88 Å². The summed E-state index contributed by atoms with van der Waals surface area (Å²) in [6, 6.07) is 3.47. The Labute approximate surface area is 116 Å². The predicted molar refractivity (Wildman–Crippen MR) is 76.6 cm³/mol. The Hall–Kier alpha value is -0.940. The van der Waals surface area contributed by atoms with Gasteiger partial charge in [0.05, 0.1) is 5.02 Å². The minimum Gasteiger partial charge on any atom is -0.373 e. The number of amides is 1. The van der Waals surface area contributed by atoms with Crippen LogP contribution < -0.4 is 5.32 Å². The zero-order valence-corrected chi connectivity index (χ0v) is 11.9. The molecule has 0 saturated carbocycles. The fourth-order valence-corrected chi connectivity index (χ4v) is 2.90. The summed E-state index contributed by atoms with van der Waals surface area (Å²) in [7, 11) is 1.77. The van der Waals surface area contributed by atoms with Gasteiger partial charge in [-0.15, -0.1) is 0 Å². The van der Waals surface area contributed by atoms with Crippen molar-refractivity contribution in [2.75, 3.05) is 37.0 Å². The van der Waals surface area contributed by atoms with Crippen molar-refractivity contribution < 1.29 is 4.79 Å². The normalized spacial score (nSPS) is 16.2. The third-order valence-electron chi connectivity index (χ3n) is 2.81. The maximum absolute atomic E-state index is 12.4. The zero-order chi connectivity index (χ0) is 13.0. The van der Waals surface area contributed by atoms with Crippen molar-refractivity contribution in [3.63, 3.8) is 0 Å². The first-order chi connectivity index (χ1) is 8.72. The van der Waals surface area contributed by atoms with E-state index in [2.05, 4.69) is 10.3 Å². The van der Waals surface area contributed by atoms with Crippen LogP contribution in [-0.4, -0.2) is 47.4 Å². The van der Waals surface area contributed by atoms with Crippen LogP contribution in [-0.2, 0) is 0 Å². The average Bonchev–Trinajstić information content (AvgIpc) is 2.67. The van der Waals surface area contributed by atoms with Crippen molar-refractivity contribution in [2.45, 2.75) is 6.42 Å². The Morgan fingerprint density at radius 3 is 3.06 bits per heavy atom. The lowest BCUT2D eigenvalue weighted by atomic mass is 10.3. The monoisotopic (exact) mass is 285 g/mol. The Kier molecular flexibility index (Phi) is 4.72. The van der Waals surface area contributed by atoms with Crippen LogP contribution in [0.4, 0.5) is 5.82 Å². The fraction of sp³-hybridized carbons (Fsp3) is 0.500. The van der Waals surface area contributed by atoms with Crippen LogP contribution in [0.25, 0.3) is 0 Å². The summed E-state index contributed by atoms with van der Waals surface area (Å²) >= 11 is 7.95. The highest BCUT2D eigenvalue weighted by Crippen LogP contribution is 2.20. The predicted octanol–water partition coefficient (Wildman–Crippen LogP) is 2.36. The molecule has 1 fully saturated rings. The second-order valence-electron chi connectivity index (χ2n) is 4.04. The molecule has 1 N–H and O–H groups in total. The van der Waals surface area contributed by atoms with Gasteiger partial charge in [0.15, 0.2) is 0 Å². The average molecular weight is 286 g/mol. The minimum absolute atomic E-state index is 0.0698. The molecule has 0 atom stereocenters. The van der Waals surface area contributed by atoms with E-state index in [1.54, 1.807) is 19.2 Å². The van der Waals surface area contributed by atoms with Gasteiger partial charge in [0.2, 0.25) is 0 Å². The van der Waals surface area contributed by atoms with Gasteiger partial charge in [0.1, 0.15) is 11.5 Å². The Morgan fingerprint density at radius 1 is 1.44 bits per heavy atom. The molecule has 1 aliphatic rings. The number of nitrogens with one attached hydrogen (secondary N) is 1. The first kappa shape index (κ1) is 13.5. The van der Waals surface area contributed by atoms with Gasteiger partial charge in [-0.05, 0) is 24.3 Å². The third-order valence-corrected chi connectivity index (χ3v) is 4.17. The number of rotatable bonds is 2. The summed E-state index contributed by atoms with van der Waals surface area (Å²) in [4.78, 5) is 18.5. The van der Waals surface area contributed by atoms with Gasteiger partial charge in [0.25, 0.3) is 5.91 Å². The largest absolute Gasteiger partial charge is 0.373 e. The highest BCUT2D eigenvalue weighted by atomic mass is 35.5. The molecule has 2 heterocycles. The third kappa shape index (κ3) is 3.09. The summed E-state index contributed by atoms with van der Waals surface area (Å²) in [5.41, 5.74) is 0.343. The maximum atomic E-state index is 12.4. The van der Waals surface area contributed by atoms with Crippen molar-refractivity contribution >= 4 is 35.1 Å². The molecule has 2 rings (SSSR count). The molecule has 0 unspecified atom stereocenters. The number of carbonyl (C=O) groups is 1. The van der Waals surface area contributed by atoms with Crippen molar-refractivity contribution in [3.05, 3.63) is 22.8 Å². The molecule has 6 heteroatoms. The summed E-state index contributed by atoms with van der Waals surface area (Å²) < 4.78 is 0. The smallest absolute Gasteiger partial charge is 0.274 e. The number of anilines is 1. The number of hydrogen-bond acceptors (Lipinski definition) is 4. The van der Waals surface area contributed by atoms with Gasteiger partial charge >= 0.3 is 0 Å². The van der Waals surface area contributed by atoms with Gasteiger partial charge in [-0.1, -0.05) is 11.6 Å². The first-order valence-corrected chi connectivity index (χ1v) is 7.47. The van der Waals surface area contributed by atoms with E-state index in [1.165, 1.54) is 0 Å². The molecule has 4 nitrogen and oxygen atoms in total. The molecule has 1 aromatic heterocycles. The van der Waals surface area contributed by atoms with Crippen LogP contribution >= 0.6 is 23.4 Å². The van der Waals surface area contributed by atoms with E-state index >= 15 is 0 Å². The quantitative estimate of drug-likeness (QED) is 0.906. The fourth-order valence-electron chi connectivity index (χ4n) is 1.83. The van der Waals surface area contributed by atoms with E-state index in [1.807, 2.05) is 16.7 Å². The summed E-state index contributed by atoms with van der Waals surface area (Å²) in [6.07, 6.45) is 1.03. The van der Waals surface area contributed by atoms with E-state index in [9.17, 15) is 4.79 Å². The van der Waals surface area contributed by atoms with Gasteiger partial charge in [-0.3, -0.25) is 4.79 Å². The Morgan fingerprint density at radius 2 is 2.28 bits per heavy atom. The minimum atomic E-state index is -0.0698. The Balaban J connectivity index is 2.21. The molecule has 1 aliphatic heterocycles. The molecule has 0 aromatic carbocycles. The van der Waals surface area contributed by atoms with Crippen LogP contribution in [0, 0.1) is 0 Å². The first-order valence-electron chi connectivity index (χ1n) is 5.93. The lowest BCUT2D eigenvalue weighted by molar-refractivity contribution is 0.0763. The number of halogens is 1. The van der Waals surface area contributed by atoms with E-state index in [0.717, 1.165) is 31.0 Å². The number of aromatic nitrogens is 1. The SMILES string of the molecule is CNc1ccc(Cl)c(C(=O)N2CCCSCC2)n1. The number of nitrogens with zero attached hydrogens (tertiary/aromatic N) is 2. The van der Waals surface area contributed by atoms with Crippen LogP contribution in [0.5, 0.6) is 0 Å². The topological polar surface area (TPSA) is 45.2 Å². The number of pyridine rings is 1.